The number of aromatic nitrogens is 2. The van der Waals surface area contributed by atoms with Crippen molar-refractivity contribution in [1.29, 1.82) is 0 Å². The molecule has 2 atom stereocenters. The predicted octanol–water partition coefficient (Wildman–Crippen LogP) is 1.79. The third kappa shape index (κ3) is 5.89. The second kappa shape index (κ2) is 8.38. The molecule has 0 bridgehead atoms. The van der Waals surface area contributed by atoms with E-state index in [2.05, 4.69) is 15.3 Å². The number of hydrogen-bond donors (Lipinski definition) is 3. The molecular formula is C20H28N4O2. The summed E-state index contributed by atoms with van der Waals surface area (Å²) in [6.45, 7) is 7.74. The zero-order chi connectivity index (χ0) is 19.3. The maximum Gasteiger partial charge on any atom is 0.253 e. The summed E-state index contributed by atoms with van der Waals surface area (Å²) in [5, 5.41) is 13.4. The Hall–Kier alpha value is -2.31. The smallest absolute Gasteiger partial charge is 0.253 e. The Morgan fingerprint density at radius 3 is 2.62 bits per heavy atom. The zero-order valence-corrected chi connectivity index (χ0v) is 15.9. The fraction of sp³-hybridized carbons (Fsp3) is 0.450. The van der Waals surface area contributed by atoms with Crippen LogP contribution in [0.3, 0.4) is 0 Å². The molecule has 0 fully saturated rings. The Balaban J connectivity index is 2.08. The minimum atomic E-state index is -0.826. The van der Waals surface area contributed by atoms with E-state index in [-0.39, 0.29) is 17.9 Å². The van der Waals surface area contributed by atoms with Gasteiger partial charge in [0.25, 0.3) is 5.91 Å². The summed E-state index contributed by atoms with van der Waals surface area (Å²) in [4.78, 5) is 21.1. The van der Waals surface area contributed by atoms with Crippen molar-refractivity contribution in [2.24, 2.45) is 5.73 Å². The molecule has 0 aromatic carbocycles. The highest BCUT2D eigenvalue weighted by Crippen LogP contribution is 2.13. The predicted molar refractivity (Wildman–Crippen MR) is 102 cm³/mol. The number of amides is 1. The van der Waals surface area contributed by atoms with E-state index in [9.17, 15) is 9.90 Å². The molecule has 2 heterocycles. The van der Waals surface area contributed by atoms with Gasteiger partial charge >= 0.3 is 0 Å². The van der Waals surface area contributed by atoms with Gasteiger partial charge in [0.2, 0.25) is 0 Å². The Kier molecular flexibility index (Phi) is 6.45. The maximum absolute atomic E-state index is 12.5. The largest absolute Gasteiger partial charge is 0.391 e. The normalized spacial score (nSPS) is 13.9. The van der Waals surface area contributed by atoms with Crippen LogP contribution < -0.4 is 11.1 Å². The molecule has 6 heteroatoms. The van der Waals surface area contributed by atoms with Crippen LogP contribution in [0.2, 0.25) is 0 Å². The number of aliphatic hydroxyl groups is 1. The molecule has 0 saturated heterocycles. The molecular weight excluding hydrogens is 328 g/mol. The molecule has 26 heavy (non-hydrogen) atoms. The second-order valence-corrected chi connectivity index (χ2v) is 7.67. The average Bonchev–Trinajstić information content (AvgIpc) is 2.53. The highest BCUT2D eigenvalue weighted by molar-refractivity contribution is 5.95. The SMILES string of the molecule is Cc1ccnc(CC(N)C(O)Cc2ncccc2C(=O)NC(C)(C)C)c1. The Labute approximate surface area is 154 Å². The van der Waals surface area contributed by atoms with Crippen molar-refractivity contribution in [2.75, 3.05) is 0 Å². The highest BCUT2D eigenvalue weighted by Gasteiger charge is 2.22. The van der Waals surface area contributed by atoms with E-state index in [1.165, 1.54) is 0 Å². The van der Waals surface area contributed by atoms with Gasteiger partial charge in [-0.2, -0.15) is 0 Å². The van der Waals surface area contributed by atoms with Gasteiger partial charge in [0.15, 0.2) is 0 Å². The van der Waals surface area contributed by atoms with Crippen LogP contribution in [0.4, 0.5) is 0 Å². The number of hydrogen-bond acceptors (Lipinski definition) is 5. The van der Waals surface area contributed by atoms with Crippen LogP contribution in [-0.4, -0.2) is 38.7 Å². The molecule has 2 rings (SSSR count). The van der Waals surface area contributed by atoms with Crippen LogP contribution in [0.1, 0.15) is 48.1 Å². The van der Waals surface area contributed by atoms with Crippen LogP contribution in [0.15, 0.2) is 36.7 Å². The van der Waals surface area contributed by atoms with E-state index in [4.69, 9.17) is 5.73 Å². The summed E-state index contributed by atoms with van der Waals surface area (Å²) in [7, 11) is 0. The van der Waals surface area contributed by atoms with Crippen molar-refractivity contribution in [3.05, 3.63) is 59.2 Å². The molecule has 2 unspecified atom stereocenters. The number of nitrogens with zero attached hydrogens (tertiary/aromatic N) is 2. The number of aliphatic hydroxyl groups excluding tert-OH is 1. The lowest BCUT2D eigenvalue weighted by molar-refractivity contribution is 0.0916. The van der Waals surface area contributed by atoms with Crippen molar-refractivity contribution in [3.8, 4) is 0 Å². The first-order chi connectivity index (χ1) is 12.2. The van der Waals surface area contributed by atoms with E-state index in [0.29, 0.717) is 17.7 Å². The number of carbonyl (C=O) groups excluding carboxylic acids is 1. The van der Waals surface area contributed by atoms with Gasteiger partial charge in [-0.1, -0.05) is 0 Å². The van der Waals surface area contributed by atoms with Crippen molar-refractivity contribution in [3.63, 3.8) is 0 Å². The topological polar surface area (TPSA) is 101 Å². The summed E-state index contributed by atoms with van der Waals surface area (Å²) in [6.07, 6.45) is 3.19. The Bertz CT molecular complexity index is 755. The van der Waals surface area contributed by atoms with Crippen LogP contribution in [0.25, 0.3) is 0 Å². The van der Waals surface area contributed by atoms with Gasteiger partial charge in [-0.25, -0.2) is 0 Å². The van der Waals surface area contributed by atoms with E-state index in [1.54, 1.807) is 24.5 Å². The summed E-state index contributed by atoms with van der Waals surface area (Å²) in [5.41, 5.74) is 8.74. The van der Waals surface area contributed by atoms with Crippen molar-refractivity contribution in [2.45, 2.75) is 58.2 Å². The molecule has 6 nitrogen and oxygen atoms in total. The van der Waals surface area contributed by atoms with Crippen LogP contribution in [0.5, 0.6) is 0 Å². The first kappa shape index (κ1) is 20.0. The summed E-state index contributed by atoms with van der Waals surface area (Å²) in [5.74, 6) is -0.207. The van der Waals surface area contributed by atoms with Gasteiger partial charge in [-0.15, -0.1) is 0 Å². The fourth-order valence-electron chi connectivity index (χ4n) is 2.65. The first-order valence-corrected chi connectivity index (χ1v) is 8.77. The average molecular weight is 356 g/mol. The van der Waals surface area contributed by atoms with Crippen LogP contribution >= 0.6 is 0 Å². The Morgan fingerprint density at radius 1 is 1.23 bits per heavy atom. The standard InChI is InChI=1S/C20H28N4O2/c1-13-7-9-22-14(10-13)11-16(21)18(25)12-17-15(6-5-8-23-17)19(26)24-20(2,3)4/h5-10,16,18,25H,11-12,21H2,1-4H3,(H,24,26). The minimum Gasteiger partial charge on any atom is -0.391 e. The number of carbonyl (C=O) groups is 1. The van der Waals surface area contributed by atoms with Gasteiger partial charge in [0.05, 0.1) is 17.4 Å². The number of aryl methyl sites for hydroxylation is 1. The first-order valence-electron chi connectivity index (χ1n) is 8.77. The van der Waals surface area contributed by atoms with Crippen LogP contribution in [-0.2, 0) is 12.8 Å². The van der Waals surface area contributed by atoms with E-state index in [0.717, 1.165) is 11.3 Å². The van der Waals surface area contributed by atoms with E-state index < -0.39 is 12.1 Å². The molecule has 0 aliphatic heterocycles. The molecule has 0 aliphatic carbocycles. The molecule has 0 spiro atoms. The van der Waals surface area contributed by atoms with E-state index >= 15 is 0 Å². The van der Waals surface area contributed by atoms with Gasteiger partial charge < -0.3 is 16.2 Å². The van der Waals surface area contributed by atoms with Gasteiger partial charge in [0.1, 0.15) is 0 Å². The van der Waals surface area contributed by atoms with Gasteiger partial charge in [-0.3, -0.25) is 14.8 Å². The molecule has 2 aromatic rings. The summed E-state index contributed by atoms with van der Waals surface area (Å²) < 4.78 is 0. The quantitative estimate of drug-likeness (QED) is 0.732. The van der Waals surface area contributed by atoms with Crippen molar-refractivity contribution in [1.82, 2.24) is 15.3 Å². The molecule has 0 saturated carbocycles. The highest BCUT2D eigenvalue weighted by atomic mass is 16.3. The lowest BCUT2D eigenvalue weighted by atomic mass is 9.98. The number of nitrogens with one attached hydrogen (secondary N) is 1. The third-order valence-electron chi connectivity index (χ3n) is 3.94. The molecule has 0 aliphatic rings. The molecule has 0 radical (unpaired) electrons. The summed E-state index contributed by atoms with van der Waals surface area (Å²) >= 11 is 0. The molecule has 1 amide bonds. The second-order valence-electron chi connectivity index (χ2n) is 7.67. The number of nitrogens with two attached hydrogens (primary N) is 1. The van der Waals surface area contributed by atoms with Gasteiger partial charge in [0, 0.05) is 42.5 Å². The van der Waals surface area contributed by atoms with E-state index in [1.807, 2.05) is 39.8 Å². The lowest BCUT2D eigenvalue weighted by Gasteiger charge is -2.22. The molecule has 140 valence electrons. The Morgan fingerprint density at radius 2 is 1.96 bits per heavy atom. The lowest BCUT2D eigenvalue weighted by Crippen LogP contribution is -2.42. The minimum absolute atomic E-state index is 0.207. The molecule has 2 aromatic heterocycles. The maximum atomic E-state index is 12.5. The van der Waals surface area contributed by atoms with Crippen molar-refractivity contribution >= 4 is 5.91 Å². The monoisotopic (exact) mass is 356 g/mol. The van der Waals surface area contributed by atoms with Crippen molar-refractivity contribution < 1.29 is 9.90 Å². The van der Waals surface area contributed by atoms with Gasteiger partial charge in [-0.05, 0) is 57.5 Å². The third-order valence-corrected chi connectivity index (χ3v) is 3.94. The summed E-state index contributed by atoms with van der Waals surface area (Å²) in [6, 6.07) is 6.80. The molecule has 4 N–H and O–H groups in total. The number of pyridine rings is 2. The zero-order valence-electron chi connectivity index (χ0n) is 15.9. The van der Waals surface area contributed by atoms with Crippen LogP contribution in [0, 0.1) is 6.92 Å². The fourth-order valence-corrected chi connectivity index (χ4v) is 2.65. The number of rotatable bonds is 6.